The Bertz CT molecular complexity index is 603. The Morgan fingerprint density at radius 2 is 2.09 bits per heavy atom. The first kappa shape index (κ1) is 16.9. The summed E-state index contributed by atoms with van der Waals surface area (Å²) in [6, 6.07) is -0.718. The number of halogens is 1. The van der Waals surface area contributed by atoms with Crippen LogP contribution in [0.15, 0.2) is 6.33 Å². The van der Waals surface area contributed by atoms with E-state index in [9.17, 15) is 18.8 Å². The highest BCUT2D eigenvalue weighted by atomic mass is 19.1. The largest absolute Gasteiger partial charge is 0.469 e. The van der Waals surface area contributed by atoms with E-state index in [1.807, 2.05) is 0 Å². The molecule has 1 aromatic rings. The minimum Gasteiger partial charge on any atom is -0.469 e. The molecule has 1 aliphatic carbocycles. The van der Waals surface area contributed by atoms with Crippen LogP contribution in [0.25, 0.3) is 0 Å². The molecular formula is C14H19FN4O4. The van der Waals surface area contributed by atoms with Gasteiger partial charge in [0.15, 0.2) is 5.69 Å². The van der Waals surface area contributed by atoms with E-state index < -0.39 is 35.9 Å². The van der Waals surface area contributed by atoms with Gasteiger partial charge in [0.25, 0.3) is 11.8 Å². The predicted octanol–water partition coefficient (Wildman–Crippen LogP) is 0.179. The number of alkyl halides is 1. The number of carbonyl (C=O) groups excluding carboxylic acids is 3. The van der Waals surface area contributed by atoms with Gasteiger partial charge in [0.05, 0.1) is 25.4 Å². The molecule has 2 amide bonds. The van der Waals surface area contributed by atoms with Crippen molar-refractivity contribution in [3.05, 3.63) is 17.7 Å². The number of aromatic nitrogens is 2. The van der Waals surface area contributed by atoms with Crippen LogP contribution >= 0.6 is 0 Å². The van der Waals surface area contributed by atoms with E-state index in [0.29, 0.717) is 12.8 Å². The van der Waals surface area contributed by atoms with Crippen molar-refractivity contribution in [2.75, 3.05) is 14.2 Å². The number of hydrogen-bond donors (Lipinski definition) is 3. The lowest BCUT2D eigenvalue weighted by Crippen LogP contribution is -2.46. The highest BCUT2D eigenvalue weighted by Gasteiger charge is 2.36. The van der Waals surface area contributed by atoms with E-state index in [1.54, 1.807) is 0 Å². The monoisotopic (exact) mass is 326 g/mol. The molecule has 0 bridgehead atoms. The fourth-order valence-electron chi connectivity index (χ4n) is 2.66. The number of aromatic amines is 1. The van der Waals surface area contributed by atoms with Crippen molar-refractivity contribution in [3.8, 4) is 0 Å². The average molecular weight is 326 g/mol. The molecule has 9 heteroatoms. The Kier molecular flexibility index (Phi) is 5.30. The standard InChI is InChI=1S/C14H19FN4O4/c1-16-12(20)10-11(18-6-17-10)13(21)19-9-4-3-7(5-8(9)15)14(22)23-2/h6-9H,3-5H2,1-2H3,(H,16,20)(H,17,18)(H,19,21)/t7-,8+,9-/m0/s1. The van der Waals surface area contributed by atoms with Crippen LogP contribution in [0.4, 0.5) is 4.39 Å². The lowest BCUT2D eigenvalue weighted by Gasteiger charge is -2.30. The Labute approximate surface area is 132 Å². The average Bonchev–Trinajstić information content (AvgIpc) is 3.04. The normalized spacial score (nSPS) is 23.9. The predicted molar refractivity (Wildman–Crippen MR) is 77.5 cm³/mol. The molecule has 126 valence electrons. The van der Waals surface area contributed by atoms with Gasteiger partial charge in [0, 0.05) is 7.05 Å². The second-order valence-corrected chi connectivity index (χ2v) is 5.33. The topological polar surface area (TPSA) is 113 Å². The minimum absolute atomic E-state index is 0.00288. The molecule has 0 saturated heterocycles. The number of ether oxygens (including phenoxy) is 1. The first-order chi connectivity index (χ1) is 11.0. The van der Waals surface area contributed by atoms with Crippen molar-refractivity contribution in [3.63, 3.8) is 0 Å². The van der Waals surface area contributed by atoms with Gasteiger partial charge in [-0.1, -0.05) is 0 Å². The molecule has 2 rings (SSSR count). The zero-order chi connectivity index (χ0) is 17.0. The summed E-state index contributed by atoms with van der Waals surface area (Å²) in [4.78, 5) is 41.6. The van der Waals surface area contributed by atoms with Gasteiger partial charge in [-0.25, -0.2) is 9.37 Å². The van der Waals surface area contributed by atoms with Crippen LogP contribution in [-0.4, -0.2) is 54.1 Å². The molecular weight excluding hydrogens is 307 g/mol. The molecule has 8 nitrogen and oxygen atoms in total. The van der Waals surface area contributed by atoms with Gasteiger partial charge >= 0.3 is 5.97 Å². The number of carbonyl (C=O) groups is 3. The van der Waals surface area contributed by atoms with Crippen molar-refractivity contribution in [1.29, 1.82) is 0 Å². The van der Waals surface area contributed by atoms with E-state index in [4.69, 9.17) is 0 Å². The maximum absolute atomic E-state index is 14.2. The smallest absolute Gasteiger partial charge is 0.308 e. The quantitative estimate of drug-likeness (QED) is 0.683. The fourth-order valence-corrected chi connectivity index (χ4v) is 2.66. The van der Waals surface area contributed by atoms with Crippen LogP contribution in [-0.2, 0) is 9.53 Å². The number of nitrogens with one attached hydrogen (secondary N) is 3. The Hall–Kier alpha value is -2.45. The van der Waals surface area contributed by atoms with Crippen molar-refractivity contribution in [2.45, 2.75) is 31.5 Å². The van der Waals surface area contributed by atoms with Crippen LogP contribution in [0.5, 0.6) is 0 Å². The molecule has 0 unspecified atom stereocenters. The summed E-state index contributed by atoms with van der Waals surface area (Å²) in [6.45, 7) is 0. The molecule has 0 aliphatic heterocycles. The lowest BCUT2D eigenvalue weighted by atomic mass is 9.84. The van der Waals surface area contributed by atoms with Crippen LogP contribution in [0, 0.1) is 5.92 Å². The summed E-state index contributed by atoms with van der Waals surface area (Å²) >= 11 is 0. The second kappa shape index (κ2) is 7.21. The first-order valence-corrected chi connectivity index (χ1v) is 7.26. The molecule has 0 aromatic carbocycles. The summed E-state index contributed by atoms with van der Waals surface area (Å²) in [5.41, 5.74) is -0.0738. The minimum atomic E-state index is -1.36. The number of H-pyrrole nitrogens is 1. The zero-order valence-corrected chi connectivity index (χ0v) is 12.9. The van der Waals surface area contributed by atoms with E-state index in [0.717, 1.165) is 0 Å². The van der Waals surface area contributed by atoms with Crippen LogP contribution in [0.2, 0.25) is 0 Å². The van der Waals surface area contributed by atoms with Gasteiger partial charge in [0.2, 0.25) is 0 Å². The molecule has 3 atom stereocenters. The molecule has 23 heavy (non-hydrogen) atoms. The Morgan fingerprint density at radius 1 is 1.35 bits per heavy atom. The molecule has 0 radical (unpaired) electrons. The van der Waals surface area contributed by atoms with Gasteiger partial charge in [-0.3, -0.25) is 14.4 Å². The molecule has 1 aromatic heterocycles. The number of imidazole rings is 1. The van der Waals surface area contributed by atoms with Crippen LogP contribution in [0.3, 0.4) is 0 Å². The maximum atomic E-state index is 14.2. The fraction of sp³-hybridized carbons (Fsp3) is 0.571. The summed E-state index contributed by atoms with van der Waals surface area (Å²) in [6.07, 6.45) is 0.617. The summed E-state index contributed by atoms with van der Waals surface area (Å²) in [5.74, 6) is -2.04. The van der Waals surface area contributed by atoms with Gasteiger partial charge in [-0.05, 0) is 19.3 Å². The van der Waals surface area contributed by atoms with E-state index in [2.05, 4.69) is 25.3 Å². The molecule has 3 N–H and O–H groups in total. The second-order valence-electron chi connectivity index (χ2n) is 5.33. The summed E-state index contributed by atoms with van der Waals surface area (Å²) < 4.78 is 18.8. The molecule has 1 heterocycles. The highest BCUT2D eigenvalue weighted by molar-refractivity contribution is 6.04. The number of esters is 1. The number of nitrogens with zero attached hydrogens (tertiary/aromatic N) is 1. The van der Waals surface area contributed by atoms with Gasteiger partial charge in [-0.2, -0.15) is 0 Å². The summed E-state index contributed by atoms with van der Waals surface area (Å²) in [7, 11) is 2.69. The van der Waals surface area contributed by atoms with Gasteiger partial charge in [-0.15, -0.1) is 0 Å². The zero-order valence-electron chi connectivity index (χ0n) is 12.9. The number of methoxy groups -OCH3 is 1. The number of amides is 2. The van der Waals surface area contributed by atoms with Crippen molar-refractivity contribution < 1.29 is 23.5 Å². The van der Waals surface area contributed by atoms with Crippen LogP contribution in [0.1, 0.15) is 40.2 Å². The SMILES string of the molecule is CNC(=O)c1nc[nH]c1C(=O)N[C@H]1CC[C@H](C(=O)OC)C[C@H]1F. The van der Waals surface area contributed by atoms with E-state index in [-0.39, 0.29) is 17.8 Å². The van der Waals surface area contributed by atoms with Crippen molar-refractivity contribution in [2.24, 2.45) is 5.92 Å². The molecule has 1 fully saturated rings. The van der Waals surface area contributed by atoms with E-state index in [1.165, 1.54) is 20.5 Å². The third-order valence-corrected chi connectivity index (χ3v) is 3.93. The third-order valence-electron chi connectivity index (χ3n) is 3.93. The lowest BCUT2D eigenvalue weighted by molar-refractivity contribution is -0.147. The Balaban J connectivity index is 2.00. The van der Waals surface area contributed by atoms with Crippen LogP contribution < -0.4 is 10.6 Å². The third kappa shape index (κ3) is 3.66. The summed E-state index contributed by atoms with van der Waals surface area (Å²) in [5, 5.41) is 4.92. The highest BCUT2D eigenvalue weighted by Crippen LogP contribution is 2.28. The van der Waals surface area contributed by atoms with Crippen molar-refractivity contribution in [1.82, 2.24) is 20.6 Å². The Morgan fingerprint density at radius 3 is 2.70 bits per heavy atom. The number of hydrogen-bond acceptors (Lipinski definition) is 5. The maximum Gasteiger partial charge on any atom is 0.308 e. The molecule has 0 spiro atoms. The van der Waals surface area contributed by atoms with Crippen molar-refractivity contribution >= 4 is 17.8 Å². The molecule has 1 saturated carbocycles. The van der Waals surface area contributed by atoms with Gasteiger partial charge in [0.1, 0.15) is 11.9 Å². The first-order valence-electron chi connectivity index (χ1n) is 7.26. The number of rotatable bonds is 4. The van der Waals surface area contributed by atoms with Gasteiger partial charge < -0.3 is 20.4 Å². The van der Waals surface area contributed by atoms with E-state index >= 15 is 0 Å². The molecule has 1 aliphatic rings.